The number of ether oxygens (including phenoxy) is 2. The van der Waals surface area contributed by atoms with Crippen LogP contribution in [-0.2, 0) is 9.47 Å². The summed E-state index contributed by atoms with van der Waals surface area (Å²) in [5.74, 6) is 0.0664. The average molecular weight is 402 g/mol. The highest BCUT2D eigenvalue weighted by Crippen LogP contribution is 2.49. The van der Waals surface area contributed by atoms with Crippen LogP contribution in [0.5, 0.6) is 0 Å². The zero-order valence-corrected chi connectivity index (χ0v) is 15.6. The van der Waals surface area contributed by atoms with Crippen LogP contribution in [0.2, 0.25) is 0 Å². The molecule has 5 heteroatoms. The first kappa shape index (κ1) is 16.6. The standard InChI is InChI=1S/C20H20BrNO3/c1-24-20(23)13-6-4-12(5-7-13)18-15-3-2-10-25-19(15)16-11-14(21)8-9-17(16)22-18/h4-9,11,15,18-19,22H,2-3,10H2,1H3. The van der Waals surface area contributed by atoms with E-state index in [1.807, 2.05) is 30.3 Å². The van der Waals surface area contributed by atoms with E-state index in [2.05, 4.69) is 33.4 Å². The van der Waals surface area contributed by atoms with Gasteiger partial charge in [0.05, 0.1) is 24.8 Å². The summed E-state index contributed by atoms with van der Waals surface area (Å²) in [6.45, 7) is 0.807. The molecule has 0 amide bonds. The number of benzene rings is 2. The number of carbonyl (C=O) groups excluding carboxylic acids is 1. The Bertz CT molecular complexity index is 790. The quantitative estimate of drug-likeness (QED) is 0.729. The monoisotopic (exact) mass is 401 g/mol. The van der Waals surface area contributed by atoms with E-state index in [-0.39, 0.29) is 18.1 Å². The molecule has 130 valence electrons. The molecule has 1 saturated heterocycles. The van der Waals surface area contributed by atoms with Crippen LogP contribution in [-0.4, -0.2) is 19.7 Å². The highest BCUT2D eigenvalue weighted by atomic mass is 79.9. The van der Waals surface area contributed by atoms with Crippen LogP contribution >= 0.6 is 15.9 Å². The number of rotatable bonds is 2. The lowest BCUT2D eigenvalue weighted by Crippen LogP contribution is -2.36. The second-order valence-electron chi connectivity index (χ2n) is 6.56. The number of hydrogen-bond donors (Lipinski definition) is 1. The van der Waals surface area contributed by atoms with Gasteiger partial charge in [-0.25, -0.2) is 4.79 Å². The van der Waals surface area contributed by atoms with Crippen LogP contribution in [0, 0.1) is 5.92 Å². The molecule has 2 aromatic rings. The van der Waals surface area contributed by atoms with Crippen molar-refractivity contribution >= 4 is 27.6 Å². The molecule has 3 unspecified atom stereocenters. The fourth-order valence-electron chi connectivity index (χ4n) is 3.92. The first-order chi connectivity index (χ1) is 12.2. The van der Waals surface area contributed by atoms with Crippen LogP contribution in [0.1, 0.15) is 46.5 Å². The normalized spacial score (nSPS) is 24.6. The van der Waals surface area contributed by atoms with Crippen LogP contribution in [0.3, 0.4) is 0 Å². The van der Waals surface area contributed by atoms with Gasteiger partial charge in [-0.15, -0.1) is 0 Å². The zero-order chi connectivity index (χ0) is 17.4. The third-order valence-corrected chi connectivity index (χ3v) is 5.61. The molecule has 0 aromatic heterocycles. The molecule has 2 aromatic carbocycles. The maximum atomic E-state index is 11.7. The summed E-state index contributed by atoms with van der Waals surface area (Å²) in [4.78, 5) is 11.7. The van der Waals surface area contributed by atoms with Gasteiger partial charge in [-0.05, 0) is 48.7 Å². The second kappa shape index (κ2) is 6.81. The molecule has 3 atom stereocenters. The number of nitrogens with one attached hydrogen (secondary N) is 1. The third kappa shape index (κ3) is 3.07. The lowest BCUT2D eigenvalue weighted by atomic mass is 9.77. The zero-order valence-electron chi connectivity index (χ0n) is 14.0. The summed E-state index contributed by atoms with van der Waals surface area (Å²) in [5, 5.41) is 3.69. The van der Waals surface area contributed by atoms with Gasteiger partial charge in [-0.1, -0.05) is 28.1 Å². The highest BCUT2D eigenvalue weighted by Gasteiger charge is 2.39. The van der Waals surface area contributed by atoms with Crippen LogP contribution in [0.4, 0.5) is 5.69 Å². The Hall–Kier alpha value is -1.85. The van der Waals surface area contributed by atoms with E-state index in [9.17, 15) is 4.79 Å². The number of hydrogen-bond acceptors (Lipinski definition) is 4. The molecule has 4 nitrogen and oxygen atoms in total. The molecule has 2 aliphatic heterocycles. The van der Waals surface area contributed by atoms with Crippen molar-refractivity contribution in [3.8, 4) is 0 Å². The minimum Gasteiger partial charge on any atom is -0.465 e. The van der Waals surface area contributed by atoms with Crippen molar-refractivity contribution in [3.05, 3.63) is 63.6 Å². The van der Waals surface area contributed by atoms with E-state index in [1.54, 1.807) is 0 Å². The molecule has 0 aliphatic carbocycles. The van der Waals surface area contributed by atoms with Gasteiger partial charge in [-0.3, -0.25) is 0 Å². The minimum absolute atomic E-state index is 0.104. The number of halogens is 1. The van der Waals surface area contributed by atoms with E-state index in [0.717, 1.165) is 29.6 Å². The maximum absolute atomic E-state index is 11.7. The van der Waals surface area contributed by atoms with E-state index in [0.29, 0.717) is 11.5 Å². The van der Waals surface area contributed by atoms with Gasteiger partial charge in [0.15, 0.2) is 0 Å². The summed E-state index contributed by atoms with van der Waals surface area (Å²) < 4.78 is 12.0. The predicted molar refractivity (Wildman–Crippen MR) is 99.7 cm³/mol. The Morgan fingerprint density at radius 2 is 2.04 bits per heavy atom. The van der Waals surface area contributed by atoms with Crippen molar-refractivity contribution in [1.82, 2.24) is 0 Å². The third-order valence-electron chi connectivity index (χ3n) is 5.12. The number of esters is 1. The van der Waals surface area contributed by atoms with Crippen molar-refractivity contribution in [2.45, 2.75) is 25.0 Å². The molecule has 2 heterocycles. The fourth-order valence-corrected chi connectivity index (χ4v) is 4.29. The summed E-state index contributed by atoms with van der Waals surface area (Å²) >= 11 is 3.57. The topological polar surface area (TPSA) is 47.6 Å². The molecular weight excluding hydrogens is 382 g/mol. The Labute approximate surface area is 155 Å². The van der Waals surface area contributed by atoms with Gasteiger partial charge in [-0.2, -0.15) is 0 Å². The Morgan fingerprint density at radius 1 is 1.24 bits per heavy atom. The Morgan fingerprint density at radius 3 is 2.80 bits per heavy atom. The van der Waals surface area contributed by atoms with Gasteiger partial charge >= 0.3 is 5.97 Å². The summed E-state index contributed by atoms with van der Waals surface area (Å²) in [6, 6.07) is 14.2. The van der Waals surface area contributed by atoms with Crippen LogP contribution in [0.25, 0.3) is 0 Å². The summed E-state index contributed by atoms with van der Waals surface area (Å²) in [5.41, 5.74) is 4.08. The lowest BCUT2D eigenvalue weighted by Gasteiger charge is -2.43. The van der Waals surface area contributed by atoms with E-state index < -0.39 is 0 Å². The predicted octanol–water partition coefficient (Wildman–Crippen LogP) is 4.87. The van der Waals surface area contributed by atoms with E-state index in [4.69, 9.17) is 9.47 Å². The smallest absolute Gasteiger partial charge is 0.337 e. The van der Waals surface area contributed by atoms with Gasteiger partial charge in [0.25, 0.3) is 0 Å². The van der Waals surface area contributed by atoms with Gasteiger partial charge in [0.1, 0.15) is 0 Å². The summed E-state index contributed by atoms with van der Waals surface area (Å²) in [6.07, 6.45) is 2.29. The number of carbonyl (C=O) groups is 1. The van der Waals surface area contributed by atoms with Gasteiger partial charge < -0.3 is 14.8 Å². The van der Waals surface area contributed by atoms with Crippen LogP contribution in [0.15, 0.2) is 46.9 Å². The van der Waals surface area contributed by atoms with Crippen molar-refractivity contribution in [2.24, 2.45) is 5.92 Å². The molecule has 0 spiro atoms. The maximum Gasteiger partial charge on any atom is 0.337 e. The number of anilines is 1. The number of methoxy groups -OCH3 is 1. The first-order valence-corrected chi connectivity index (χ1v) is 9.32. The van der Waals surface area contributed by atoms with Gasteiger partial charge in [0, 0.05) is 28.2 Å². The van der Waals surface area contributed by atoms with Crippen molar-refractivity contribution in [2.75, 3.05) is 19.0 Å². The Balaban J connectivity index is 1.69. The molecule has 0 bridgehead atoms. The highest BCUT2D eigenvalue weighted by molar-refractivity contribution is 9.10. The molecule has 1 N–H and O–H groups in total. The van der Waals surface area contributed by atoms with Crippen molar-refractivity contribution in [1.29, 1.82) is 0 Å². The molecular formula is C20H20BrNO3. The lowest BCUT2D eigenvalue weighted by molar-refractivity contribution is -0.0381. The second-order valence-corrected chi connectivity index (χ2v) is 7.48. The largest absolute Gasteiger partial charge is 0.465 e. The number of fused-ring (bicyclic) bond motifs is 3. The molecule has 0 saturated carbocycles. The fraction of sp³-hybridized carbons (Fsp3) is 0.350. The van der Waals surface area contributed by atoms with Crippen molar-refractivity contribution < 1.29 is 14.3 Å². The molecule has 25 heavy (non-hydrogen) atoms. The van der Waals surface area contributed by atoms with E-state index in [1.165, 1.54) is 18.2 Å². The molecule has 0 radical (unpaired) electrons. The van der Waals surface area contributed by atoms with E-state index >= 15 is 0 Å². The molecule has 1 fully saturated rings. The van der Waals surface area contributed by atoms with Gasteiger partial charge in [0.2, 0.25) is 0 Å². The minimum atomic E-state index is -0.308. The summed E-state index contributed by atoms with van der Waals surface area (Å²) in [7, 11) is 1.40. The van der Waals surface area contributed by atoms with Crippen molar-refractivity contribution in [3.63, 3.8) is 0 Å². The SMILES string of the molecule is COC(=O)c1ccc(C2Nc3ccc(Br)cc3C3OCCCC23)cc1. The molecule has 2 aliphatic rings. The first-order valence-electron chi connectivity index (χ1n) is 8.53. The van der Waals surface area contributed by atoms with Crippen LogP contribution < -0.4 is 5.32 Å². The Kier molecular flexibility index (Phi) is 4.52. The molecule has 4 rings (SSSR count). The average Bonchev–Trinajstić information content (AvgIpc) is 2.67.